The predicted octanol–water partition coefficient (Wildman–Crippen LogP) is 1.56. The molecule has 1 aliphatic heterocycles. The third kappa shape index (κ3) is 4.67. The largest absolute Gasteiger partial charge is 0.491 e. The summed E-state index contributed by atoms with van der Waals surface area (Å²) in [7, 11) is -1.95. The maximum atomic E-state index is 12.3. The van der Waals surface area contributed by atoms with Gasteiger partial charge in [0.15, 0.2) is 0 Å². The first-order valence-corrected chi connectivity index (χ1v) is 8.87. The van der Waals surface area contributed by atoms with E-state index in [1.165, 1.54) is 12.1 Å². The Balaban J connectivity index is 1.96. The lowest BCUT2D eigenvalue weighted by atomic mass is 10.1. The number of rotatable bonds is 8. The molecule has 124 valence electrons. The van der Waals surface area contributed by atoms with Crippen LogP contribution in [0.5, 0.6) is 5.75 Å². The molecular weight excluding hydrogens is 306 g/mol. The van der Waals surface area contributed by atoms with Crippen LogP contribution in [0, 0.1) is 0 Å². The fourth-order valence-corrected chi connectivity index (χ4v) is 3.62. The third-order valence-corrected chi connectivity index (χ3v) is 5.13. The van der Waals surface area contributed by atoms with Crippen molar-refractivity contribution in [3.8, 4) is 5.75 Å². The van der Waals surface area contributed by atoms with Gasteiger partial charge in [0.1, 0.15) is 12.4 Å². The Morgan fingerprint density at radius 2 is 2.05 bits per heavy atom. The summed E-state index contributed by atoms with van der Waals surface area (Å²) < 4.78 is 43.2. The van der Waals surface area contributed by atoms with Crippen molar-refractivity contribution < 1.29 is 22.6 Å². The first-order chi connectivity index (χ1) is 10.5. The topological polar surface area (TPSA) is 73.9 Å². The van der Waals surface area contributed by atoms with Crippen molar-refractivity contribution in [1.82, 2.24) is 4.72 Å². The number of methoxy groups -OCH3 is 1. The second-order valence-corrected chi connectivity index (χ2v) is 6.99. The van der Waals surface area contributed by atoms with Gasteiger partial charge in [-0.1, -0.05) is 0 Å². The third-order valence-electron chi connectivity index (χ3n) is 3.55. The SMILES string of the molecule is COCCOc1ccc(S(=O)(=O)N[C@@H](C)[C@@H]2CCCO2)cc1. The van der Waals surface area contributed by atoms with Gasteiger partial charge in [-0.15, -0.1) is 0 Å². The Bertz CT molecular complexity index is 552. The molecule has 0 bridgehead atoms. The average Bonchev–Trinajstić information content (AvgIpc) is 3.02. The van der Waals surface area contributed by atoms with Gasteiger partial charge in [0.05, 0.1) is 17.6 Å². The van der Waals surface area contributed by atoms with Crippen LogP contribution in [0.1, 0.15) is 19.8 Å². The molecular formula is C15H23NO5S. The standard InChI is InChI=1S/C15H23NO5S/c1-12(15-4-3-9-21-15)16-22(17,18)14-7-5-13(6-8-14)20-11-10-19-2/h5-8,12,15-16H,3-4,9-11H2,1-2H3/t12-,15-/m0/s1. The highest BCUT2D eigenvalue weighted by atomic mass is 32.2. The Kier molecular flexibility index (Phi) is 6.19. The summed E-state index contributed by atoms with van der Waals surface area (Å²) in [5.41, 5.74) is 0. The van der Waals surface area contributed by atoms with Crippen LogP contribution in [-0.2, 0) is 19.5 Å². The maximum absolute atomic E-state index is 12.3. The lowest BCUT2D eigenvalue weighted by Crippen LogP contribution is -2.40. The molecule has 0 saturated carbocycles. The molecule has 1 N–H and O–H groups in total. The Hall–Kier alpha value is -1.15. The quantitative estimate of drug-likeness (QED) is 0.733. The summed E-state index contributed by atoms with van der Waals surface area (Å²) in [6, 6.07) is 6.10. The van der Waals surface area contributed by atoms with Crippen LogP contribution in [0.25, 0.3) is 0 Å². The highest BCUT2D eigenvalue weighted by molar-refractivity contribution is 7.89. The van der Waals surface area contributed by atoms with E-state index >= 15 is 0 Å². The van der Waals surface area contributed by atoms with E-state index in [0.717, 1.165) is 12.8 Å². The number of nitrogens with one attached hydrogen (secondary N) is 1. The van der Waals surface area contributed by atoms with Gasteiger partial charge in [-0.05, 0) is 44.0 Å². The van der Waals surface area contributed by atoms with E-state index in [9.17, 15) is 8.42 Å². The summed E-state index contributed by atoms with van der Waals surface area (Å²) in [6.07, 6.45) is 1.81. The molecule has 2 atom stereocenters. The van der Waals surface area contributed by atoms with E-state index in [2.05, 4.69) is 4.72 Å². The number of sulfonamides is 1. The van der Waals surface area contributed by atoms with E-state index in [0.29, 0.717) is 25.6 Å². The molecule has 0 aromatic heterocycles. The monoisotopic (exact) mass is 329 g/mol. The van der Waals surface area contributed by atoms with Crippen LogP contribution >= 0.6 is 0 Å². The van der Waals surface area contributed by atoms with Crippen molar-refractivity contribution in [2.75, 3.05) is 26.9 Å². The number of benzene rings is 1. The Labute approximate surface area is 131 Å². The normalized spacial score (nSPS) is 20.0. The van der Waals surface area contributed by atoms with Crippen LogP contribution in [-0.4, -0.2) is 47.5 Å². The molecule has 0 aliphatic carbocycles. The van der Waals surface area contributed by atoms with Gasteiger partial charge < -0.3 is 14.2 Å². The second-order valence-electron chi connectivity index (χ2n) is 5.27. The van der Waals surface area contributed by atoms with Crippen molar-refractivity contribution in [1.29, 1.82) is 0 Å². The van der Waals surface area contributed by atoms with Gasteiger partial charge in [0.25, 0.3) is 0 Å². The molecule has 0 amide bonds. The fourth-order valence-electron chi connectivity index (χ4n) is 2.34. The van der Waals surface area contributed by atoms with Crippen LogP contribution < -0.4 is 9.46 Å². The van der Waals surface area contributed by atoms with Crippen LogP contribution in [0.4, 0.5) is 0 Å². The fraction of sp³-hybridized carbons (Fsp3) is 0.600. The molecule has 1 aromatic carbocycles. The molecule has 0 unspecified atom stereocenters. The van der Waals surface area contributed by atoms with Gasteiger partial charge in [-0.25, -0.2) is 13.1 Å². The summed E-state index contributed by atoms with van der Waals surface area (Å²) in [5, 5.41) is 0. The molecule has 7 heteroatoms. The lowest BCUT2D eigenvalue weighted by molar-refractivity contribution is 0.0902. The lowest BCUT2D eigenvalue weighted by Gasteiger charge is -2.20. The summed E-state index contributed by atoms with van der Waals surface area (Å²) in [6.45, 7) is 3.44. The highest BCUT2D eigenvalue weighted by Crippen LogP contribution is 2.19. The number of ether oxygens (including phenoxy) is 3. The van der Waals surface area contributed by atoms with Crippen molar-refractivity contribution in [2.45, 2.75) is 36.8 Å². The zero-order valence-corrected chi connectivity index (χ0v) is 13.8. The van der Waals surface area contributed by atoms with Crippen molar-refractivity contribution in [3.63, 3.8) is 0 Å². The van der Waals surface area contributed by atoms with E-state index in [1.807, 2.05) is 6.92 Å². The summed E-state index contributed by atoms with van der Waals surface area (Å²) in [5.74, 6) is 0.614. The van der Waals surface area contributed by atoms with Gasteiger partial charge in [0.2, 0.25) is 10.0 Å². The number of hydrogen-bond acceptors (Lipinski definition) is 5. The molecule has 1 aromatic rings. The summed E-state index contributed by atoms with van der Waals surface area (Å²) in [4.78, 5) is 0.219. The highest BCUT2D eigenvalue weighted by Gasteiger charge is 2.26. The second kappa shape index (κ2) is 7.92. The molecule has 1 aliphatic rings. The molecule has 6 nitrogen and oxygen atoms in total. The van der Waals surface area contributed by atoms with E-state index in [-0.39, 0.29) is 17.0 Å². The predicted molar refractivity (Wildman–Crippen MR) is 82.6 cm³/mol. The molecule has 0 spiro atoms. The van der Waals surface area contributed by atoms with Crippen LogP contribution in [0.3, 0.4) is 0 Å². The molecule has 2 rings (SSSR count). The first-order valence-electron chi connectivity index (χ1n) is 7.38. The zero-order valence-electron chi connectivity index (χ0n) is 12.9. The minimum Gasteiger partial charge on any atom is -0.491 e. The molecule has 22 heavy (non-hydrogen) atoms. The average molecular weight is 329 g/mol. The van der Waals surface area contributed by atoms with Crippen molar-refractivity contribution in [2.24, 2.45) is 0 Å². The van der Waals surface area contributed by atoms with Gasteiger partial charge in [-0.3, -0.25) is 0 Å². The van der Waals surface area contributed by atoms with Gasteiger partial charge >= 0.3 is 0 Å². The zero-order chi connectivity index (χ0) is 16.0. The van der Waals surface area contributed by atoms with E-state index in [1.54, 1.807) is 19.2 Å². The van der Waals surface area contributed by atoms with Crippen molar-refractivity contribution >= 4 is 10.0 Å². The first kappa shape index (κ1) is 17.2. The molecule has 1 heterocycles. The van der Waals surface area contributed by atoms with Crippen LogP contribution in [0.15, 0.2) is 29.2 Å². The Morgan fingerprint density at radius 1 is 1.32 bits per heavy atom. The number of hydrogen-bond donors (Lipinski definition) is 1. The van der Waals surface area contributed by atoms with Crippen molar-refractivity contribution in [3.05, 3.63) is 24.3 Å². The van der Waals surface area contributed by atoms with Crippen LogP contribution in [0.2, 0.25) is 0 Å². The minimum absolute atomic E-state index is 0.0496. The van der Waals surface area contributed by atoms with E-state index < -0.39 is 10.0 Å². The maximum Gasteiger partial charge on any atom is 0.240 e. The van der Waals surface area contributed by atoms with Gasteiger partial charge in [0, 0.05) is 19.8 Å². The molecule has 0 radical (unpaired) electrons. The minimum atomic E-state index is -3.55. The smallest absolute Gasteiger partial charge is 0.240 e. The van der Waals surface area contributed by atoms with Gasteiger partial charge in [-0.2, -0.15) is 0 Å². The van der Waals surface area contributed by atoms with E-state index in [4.69, 9.17) is 14.2 Å². The molecule has 1 fully saturated rings. The summed E-state index contributed by atoms with van der Waals surface area (Å²) >= 11 is 0. The molecule has 1 saturated heterocycles. The Morgan fingerprint density at radius 3 is 2.64 bits per heavy atom.